The first-order valence-corrected chi connectivity index (χ1v) is 11.8. The highest BCUT2D eigenvalue weighted by Crippen LogP contribution is 2.18. The lowest BCUT2D eigenvalue weighted by Gasteiger charge is -2.22. The van der Waals surface area contributed by atoms with Crippen molar-refractivity contribution in [2.24, 2.45) is 5.92 Å². The Morgan fingerprint density at radius 3 is 1.82 bits per heavy atom. The van der Waals surface area contributed by atoms with Crippen LogP contribution >= 0.6 is 0 Å². The second-order valence-electron chi connectivity index (χ2n) is 7.67. The maximum Gasteiger partial charge on any atom is 0.323 e. The number of sulfonamides is 1. The highest BCUT2D eigenvalue weighted by Gasteiger charge is 2.28. The van der Waals surface area contributed by atoms with Gasteiger partial charge in [0.05, 0.1) is 4.90 Å². The molecule has 0 aliphatic carbocycles. The zero-order chi connectivity index (χ0) is 23.8. The van der Waals surface area contributed by atoms with Crippen molar-refractivity contribution in [2.75, 3.05) is 16.0 Å². The average Bonchev–Trinajstić information content (AvgIpc) is 2.78. The summed E-state index contributed by atoms with van der Waals surface area (Å²) in [6, 6.07) is 22.0. The van der Waals surface area contributed by atoms with E-state index in [9.17, 15) is 18.0 Å². The Morgan fingerprint density at radius 2 is 1.21 bits per heavy atom. The molecule has 0 aliphatic heterocycles. The summed E-state index contributed by atoms with van der Waals surface area (Å²) in [5.74, 6) is -0.808. The van der Waals surface area contributed by atoms with Gasteiger partial charge in [0, 0.05) is 17.1 Å². The minimum Gasteiger partial charge on any atom is -0.325 e. The number of para-hydroxylation sites is 1. The number of urea groups is 1. The molecule has 1 atom stereocenters. The Morgan fingerprint density at radius 1 is 0.697 bits per heavy atom. The summed E-state index contributed by atoms with van der Waals surface area (Å²) in [7, 11) is -3.87. The first-order chi connectivity index (χ1) is 15.7. The monoisotopic (exact) mass is 466 g/mol. The Hall–Kier alpha value is -3.69. The van der Waals surface area contributed by atoms with E-state index < -0.39 is 28.0 Å². The smallest absolute Gasteiger partial charge is 0.323 e. The first-order valence-electron chi connectivity index (χ1n) is 10.4. The Balaban J connectivity index is 1.67. The van der Waals surface area contributed by atoms with Crippen LogP contribution in [0.15, 0.2) is 89.8 Å². The van der Waals surface area contributed by atoms with Gasteiger partial charge in [-0.2, -0.15) is 4.72 Å². The van der Waals surface area contributed by atoms with Gasteiger partial charge in [-0.3, -0.25) is 4.79 Å². The summed E-state index contributed by atoms with van der Waals surface area (Å²) in [5, 5.41) is 8.14. The van der Waals surface area contributed by atoms with E-state index in [1.165, 1.54) is 12.1 Å². The van der Waals surface area contributed by atoms with E-state index in [0.29, 0.717) is 17.1 Å². The Bertz CT molecular complexity index is 1200. The molecule has 3 aromatic carbocycles. The van der Waals surface area contributed by atoms with Crippen LogP contribution in [0.1, 0.15) is 13.8 Å². The van der Waals surface area contributed by atoms with Gasteiger partial charge in [-0.05, 0) is 48.4 Å². The zero-order valence-electron chi connectivity index (χ0n) is 18.3. The third-order valence-electron chi connectivity index (χ3n) is 4.70. The van der Waals surface area contributed by atoms with E-state index in [1.807, 2.05) is 18.2 Å². The van der Waals surface area contributed by atoms with Gasteiger partial charge in [0.15, 0.2) is 0 Å². The normalized spacial score (nSPS) is 12.1. The van der Waals surface area contributed by atoms with Gasteiger partial charge in [-0.1, -0.05) is 56.3 Å². The number of carbonyl (C=O) groups excluding carboxylic acids is 2. The van der Waals surface area contributed by atoms with Gasteiger partial charge < -0.3 is 16.0 Å². The fourth-order valence-corrected chi connectivity index (χ4v) is 4.40. The maximum atomic E-state index is 12.9. The van der Waals surface area contributed by atoms with Crippen molar-refractivity contribution >= 4 is 39.0 Å². The fourth-order valence-electron chi connectivity index (χ4n) is 3.04. The van der Waals surface area contributed by atoms with Gasteiger partial charge in [0.2, 0.25) is 15.9 Å². The van der Waals surface area contributed by atoms with Gasteiger partial charge in [0.25, 0.3) is 0 Å². The van der Waals surface area contributed by atoms with Crippen molar-refractivity contribution in [1.29, 1.82) is 0 Å². The van der Waals surface area contributed by atoms with Crippen LogP contribution in [-0.4, -0.2) is 26.4 Å². The lowest BCUT2D eigenvalue weighted by molar-refractivity contribution is -0.118. The van der Waals surface area contributed by atoms with Crippen LogP contribution in [0.4, 0.5) is 21.9 Å². The third kappa shape index (κ3) is 6.90. The maximum absolute atomic E-state index is 12.9. The van der Waals surface area contributed by atoms with Crippen molar-refractivity contribution in [2.45, 2.75) is 24.8 Å². The van der Waals surface area contributed by atoms with Crippen LogP contribution in [0.25, 0.3) is 0 Å². The molecule has 172 valence electrons. The van der Waals surface area contributed by atoms with E-state index in [1.54, 1.807) is 68.4 Å². The molecule has 3 aromatic rings. The van der Waals surface area contributed by atoms with E-state index in [4.69, 9.17) is 0 Å². The summed E-state index contributed by atoms with van der Waals surface area (Å²) in [4.78, 5) is 25.2. The van der Waals surface area contributed by atoms with E-state index in [2.05, 4.69) is 20.7 Å². The molecule has 0 bridgehead atoms. The Labute approximate surface area is 193 Å². The van der Waals surface area contributed by atoms with Crippen LogP contribution in [-0.2, 0) is 14.8 Å². The topological polar surface area (TPSA) is 116 Å². The number of hydrogen-bond donors (Lipinski definition) is 4. The molecule has 0 aliphatic rings. The molecule has 33 heavy (non-hydrogen) atoms. The largest absolute Gasteiger partial charge is 0.325 e. The van der Waals surface area contributed by atoms with Gasteiger partial charge in [0.1, 0.15) is 6.04 Å². The summed E-state index contributed by atoms with van der Waals surface area (Å²) >= 11 is 0. The van der Waals surface area contributed by atoms with E-state index >= 15 is 0 Å². The van der Waals surface area contributed by atoms with E-state index in [-0.39, 0.29) is 10.8 Å². The second kappa shape index (κ2) is 10.8. The third-order valence-corrected chi connectivity index (χ3v) is 6.16. The van der Waals surface area contributed by atoms with Crippen LogP contribution in [0.5, 0.6) is 0 Å². The highest BCUT2D eigenvalue weighted by atomic mass is 32.2. The minimum atomic E-state index is -3.87. The van der Waals surface area contributed by atoms with Crippen molar-refractivity contribution in [3.63, 3.8) is 0 Å². The van der Waals surface area contributed by atoms with Crippen LogP contribution in [0.2, 0.25) is 0 Å². The number of hydrogen-bond acceptors (Lipinski definition) is 4. The molecule has 0 fully saturated rings. The number of nitrogens with one attached hydrogen (secondary N) is 4. The molecule has 0 saturated carbocycles. The standard InChI is InChI=1S/C24H26N4O4S/c1-17(2)22(28-33(31,32)21-14-7-4-8-15-21)23(29)25-19-12-9-13-20(16-19)27-24(30)26-18-10-5-3-6-11-18/h3-17,22,28H,1-2H3,(H,25,29)(H2,26,27,30)/t22-/m0/s1. The molecule has 0 spiro atoms. The van der Waals surface area contributed by atoms with Crippen molar-refractivity contribution < 1.29 is 18.0 Å². The molecule has 0 unspecified atom stereocenters. The average molecular weight is 467 g/mol. The predicted octanol–water partition coefficient (Wildman–Crippen LogP) is 4.27. The molecule has 0 aromatic heterocycles. The van der Waals surface area contributed by atoms with E-state index in [0.717, 1.165) is 0 Å². The molecular weight excluding hydrogens is 440 g/mol. The lowest BCUT2D eigenvalue weighted by Crippen LogP contribution is -2.47. The summed E-state index contributed by atoms with van der Waals surface area (Å²) < 4.78 is 27.9. The van der Waals surface area contributed by atoms with Gasteiger partial charge in [-0.15, -0.1) is 0 Å². The van der Waals surface area contributed by atoms with Crippen LogP contribution in [0, 0.1) is 5.92 Å². The summed E-state index contributed by atoms with van der Waals surface area (Å²) in [6.07, 6.45) is 0. The van der Waals surface area contributed by atoms with Crippen LogP contribution < -0.4 is 20.7 Å². The zero-order valence-corrected chi connectivity index (χ0v) is 19.1. The molecular formula is C24H26N4O4S. The molecule has 4 N–H and O–H groups in total. The number of rotatable bonds is 8. The molecule has 3 amide bonds. The summed E-state index contributed by atoms with van der Waals surface area (Å²) in [6.45, 7) is 3.51. The number of amides is 3. The van der Waals surface area contributed by atoms with Crippen LogP contribution in [0.3, 0.4) is 0 Å². The van der Waals surface area contributed by atoms with Gasteiger partial charge in [-0.25, -0.2) is 13.2 Å². The molecule has 0 heterocycles. The van der Waals surface area contributed by atoms with Gasteiger partial charge >= 0.3 is 6.03 Å². The first kappa shape index (κ1) is 24.0. The SMILES string of the molecule is CC(C)[C@H](NS(=O)(=O)c1ccccc1)C(=O)Nc1cccc(NC(=O)Nc2ccccc2)c1. The van der Waals surface area contributed by atoms with Crippen molar-refractivity contribution in [3.05, 3.63) is 84.9 Å². The fraction of sp³-hybridized carbons (Fsp3) is 0.167. The highest BCUT2D eigenvalue weighted by molar-refractivity contribution is 7.89. The lowest BCUT2D eigenvalue weighted by atomic mass is 10.0. The summed E-state index contributed by atoms with van der Waals surface area (Å²) in [5.41, 5.74) is 1.53. The predicted molar refractivity (Wildman–Crippen MR) is 130 cm³/mol. The Kier molecular flexibility index (Phi) is 7.81. The molecule has 8 nitrogen and oxygen atoms in total. The number of benzene rings is 3. The molecule has 3 rings (SSSR count). The molecule has 9 heteroatoms. The number of anilines is 3. The van der Waals surface area contributed by atoms with Crippen molar-refractivity contribution in [3.8, 4) is 0 Å². The molecule has 0 saturated heterocycles. The number of carbonyl (C=O) groups is 2. The quantitative estimate of drug-likeness (QED) is 0.397. The molecule has 0 radical (unpaired) electrons. The minimum absolute atomic E-state index is 0.0825. The van der Waals surface area contributed by atoms with Crippen molar-refractivity contribution in [1.82, 2.24) is 4.72 Å². The second-order valence-corrected chi connectivity index (χ2v) is 9.39.